The molecule has 0 unspecified atom stereocenters. The van der Waals surface area contributed by atoms with Crippen molar-refractivity contribution < 1.29 is 0 Å². The smallest absolute Gasteiger partial charge is 0.0968 e. The van der Waals surface area contributed by atoms with E-state index in [9.17, 15) is 0 Å². The summed E-state index contributed by atoms with van der Waals surface area (Å²) in [5.74, 6) is 0. The van der Waals surface area contributed by atoms with Crippen LogP contribution < -0.4 is 0 Å². The maximum atomic E-state index is 4.77. The second-order valence-electron chi connectivity index (χ2n) is 8.45. The van der Waals surface area contributed by atoms with Gasteiger partial charge in [0.25, 0.3) is 0 Å². The lowest BCUT2D eigenvalue weighted by atomic mass is 9.95. The molecule has 0 aliphatic rings. The Morgan fingerprint density at radius 2 is 1.36 bits per heavy atom. The standard InChI is InChI=1S/C29H22N4/c1-19-18-32-33-29-22(7-5-9-23(19)29)17-28-26-10-4-6-20(24(26)13-15-31-28)16-21-12-14-30-27-11-3-2-8-25(21)27/h2-15,18H,16-17H2,1H3. The molecule has 33 heavy (non-hydrogen) atoms. The molecule has 3 aromatic carbocycles. The highest BCUT2D eigenvalue weighted by atomic mass is 15.1. The molecule has 3 aromatic heterocycles. The van der Waals surface area contributed by atoms with E-state index in [2.05, 4.69) is 88.8 Å². The largest absolute Gasteiger partial charge is 0.260 e. The van der Waals surface area contributed by atoms with Crippen LogP contribution in [0.3, 0.4) is 0 Å². The van der Waals surface area contributed by atoms with E-state index in [-0.39, 0.29) is 0 Å². The zero-order chi connectivity index (χ0) is 22.2. The van der Waals surface area contributed by atoms with Crippen LogP contribution in [-0.2, 0) is 12.8 Å². The first-order valence-electron chi connectivity index (χ1n) is 11.2. The van der Waals surface area contributed by atoms with Crippen molar-refractivity contribution in [2.45, 2.75) is 19.8 Å². The van der Waals surface area contributed by atoms with Gasteiger partial charge in [-0.1, -0.05) is 54.6 Å². The lowest BCUT2D eigenvalue weighted by molar-refractivity contribution is 1.03. The van der Waals surface area contributed by atoms with Crippen LogP contribution >= 0.6 is 0 Å². The molecule has 0 aliphatic heterocycles. The summed E-state index contributed by atoms with van der Waals surface area (Å²) in [6.07, 6.45) is 7.21. The number of para-hydroxylation sites is 1. The van der Waals surface area contributed by atoms with Gasteiger partial charge in [-0.15, -0.1) is 0 Å². The lowest BCUT2D eigenvalue weighted by Gasteiger charge is -2.12. The maximum Gasteiger partial charge on any atom is 0.0968 e. The summed E-state index contributed by atoms with van der Waals surface area (Å²) in [6, 6.07) is 25.4. The highest BCUT2D eigenvalue weighted by Crippen LogP contribution is 2.28. The third-order valence-electron chi connectivity index (χ3n) is 6.41. The van der Waals surface area contributed by atoms with Crippen LogP contribution in [0.1, 0.15) is 27.9 Å². The minimum atomic E-state index is 0.717. The second kappa shape index (κ2) is 8.06. The van der Waals surface area contributed by atoms with Crippen molar-refractivity contribution in [1.29, 1.82) is 0 Å². The van der Waals surface area contributed by atoms with E-state index in [1.54, 1.807) is 0 Å². The van der Waals surface area contributed by atoms with Gasteiger partial charge in [0.05, 0.1) is 22.9 Å². The number of pyridine rings is 2. The zero-order valence-electron chi connectivity index (χ0n) is 18.4. The molecule has 6 rings (SSSR count). The van der Waals surface area contributed by atoms with Crippen molar-refractivity contribution in [2.75, 3.05) is 0 Å². The average molecular weight is 427 g/mol. The van der Waals surface area contributed by atoms with Crippen LogP contribution in [0.5, 0.6) is 0 Å². The van der Waals surface area contributed by atoms with E-state index in [1.807, 2.05) is 24.7 Å². The van der Waals surface area contributed by atoms with Gasteiger partial charge < -0.3 is 0 Å². The summed E-state index contributed by atoms with van der Waals surface area (Å²) < 4.78 is 0. The Morgan fingerprint density at radius 3 is 2.30 bits per heavy atom. The Kier molecular flexibility index (Phi) is 4.76. The number of nitrogens with zero attached hydrogens (tertiary/aromatic N) is 4. The normalized spacial score (nSPS) is 11.4. The highest BCUT2D eigenvalue weighted by Gasteiger charge is 2.12. The molecule has 0 atom stereocenters. The summed E-state index contributed by atoms with van der Waals surface area (Å²) in [6.45, 7) is 2.08. The van der Waals surface area contributed by atoms with Crippen LogP contribution in [0.15, 0.2) is 91.4 Å². The van der Waals surface area contributed by atoms with Gasteiger partial charge in [-0.05, 0) is 59.2 Å². The third kappa shape index (κ3) is 3.50. The summed E-state index contributed by atoms with van der Waals surface area (Å²) in [7, 11) is 0. The molecule has 158 valence electrons. The van der Waals surface area contributed by atoms with Gasteiger partial charge in [-0.25, -0.2) is 0 Å². The van der Waals surface area contributed by atoms with E-state index in [0.717, 1.165) is 39.7 Å². The fourth-order valence-electron chi connectivity index (χ4n) is 4.74. The van der Waals surface area contributed by atoms with Crippen molar-refractivity contribution in [1.82, 2.24) is 20.2 Å². The molecule has 4 heteroatoms. The average Bonchev–Trinajstić information content (AvgIpc) is 2.85. The van der Waals surface area contributed by atoms with E-state index in [1.165, 1.54) is 27.3 Å². The van der Waals surface area contributed by atoms with Gasteiger partial charge in [0, 0.05) is 35.0 Å². The number of aromatic nitrogens is 4. The number of rotatable bonds is 4. The van der Waals surface area contributed by atoms with Gasteiger partial charge in [-0.3, -0.25) is 9.97 Å². The number of fused-ring (bicyclic) bond motifs is 3. The van der Waals surface area contributed by atoms with Crippen molar-refractivity contribution in [3.05, 3.63) is 119 Å². The Balaban J connectivity index is 1.44. The quantitative estimate of drug-likeness (QED) is 0.336. The predicted molar refractivity (Wildman–Crippen MR) is 133 cm³/mol. The Bertz CT molecular complexity index is 1630. The molecule has 0 saturated carbocycles. The molecule has 0 bridgehead atoms. The van der Waals surface area contributed by atoms with Crippen LogP contribution in [0.25, 0.3) is 32.6 Å². The molecule has 0 amide bonds. The minimum absolute atomic E-state index is 0.717. The van der Waals surface area contributed by atoms with Gasteiger partial charge in [-0.2, -0.15) is 10.2 Å². The van der Waals surface area contributed by atoms with Crippen molar-refractivity contribution in [3.63, 3.8) is 0 Å². The fourth-order valence-corrected chi connectivity index (χ4v) is 4.74. The van der Waals surface area contributed by atoms with Crippen LogP contribution in [0.4, 0.5) is 0 Å². The Labute approximate surface area is 192 Å². The molecule has 0 spiro atoms. The number of aryl methyl sites for hydroxylation is 1. The van der Waals surface area contributed by atoms with E-state index < -0.39 is 0 Å². The molecule has 3 heterocycles. The molecule has 0 N–H and O–H groups in total. The molecule has 0 aliphatic carbocycles. The third-order valence-corrected chi connectivity index (χ3v) is 6.41. The molecular formula is C29H22N4. The zero-order valence-corrected chi connectivity index (χ0v) is 18.4. The summed E-state index contributed by atoms with van der Waals surface area (Å²) in [4.78, 5) is 9.29. The van der Waals surface area contributed by atoms with Crippen LogP contribution in [0, 0.1) is 6.92 Å². The summed E-state index contributed by atoms with van der Waals surface area (Å²) in [5, 5.41) is 13.4. The van der Waals surface area contributed by atoms with Gasteiger partial charge in [0.2, 0.25) is 0 Å². The van der Waals surface area contributed by atoms with Gasteiger partial charge >= 0.3 is 0 Å². The first-order chi connectivity index (χ1) is 16.3. The topological polar surface area (TPSA) is 51.6 Å². The number of hydrogen-bond donors (Lipinski definition) is 0. The van der Waals surface area contributed by atoms with Crippen molar-refractivity contribution in [3.8, 4) is 0 Å². The monoisotopic (exact) mass is 426 g/mol. The maximum absolute atomic E-state index is 4.77. The lowest BCUT2D eigenvalue weighted by Crippen LogP contribution is -1.99. The van der Waals surface area contributed by atoms with Gasteiger partial charge in [0.1, 0.15) is 0 Å². The molecular weight excluding hydrogens is 404 g/mol. The van der Waals surface area contributed by atoms with Crippen LogP contribution in [-0.4, -0.2) is 20.2 Å². The Hall–Kier alpha value is -4.18. The van der Waals surface area contributed by atoms with Crippen molar-refractivity contribution in [2.24, 2.45) is 0 Å². The second-order valence-corrected chi connectivity index (χ2v) is 8.45. The molecule has 4 nitrogen and oxygen atoms in total. The van der Waals surface area contributed by atoms with E-state index in [4.69, 9.17) is 4.98 Å². The SMILES string of the molecule is Cc1cnnc2c(Cc3nccc4c(Cc5ccnc6ccccc56)cccc34)cccc12. The van der Waals surface area contributed by atoms with Crippen LogP contribution in [0.2, 0.25) is 0 Å². The predicted octanol–water partition coefficient (Wildman–Crippen LogP) is 6.22. The van der Waals surface area contributed by atoms with E-state index >= 15 is 0 Å². The molecule has 0 saturated heterocycles. The summed E-state index contributed by atoms with van der Waals surface area (Å²) in [5.41, 5.74) is 7.91. The molecule has 6 aromatic rings. The molecule has 0 radical (unpaired) electrons. The first-order valence-corrected chi connectivity index (χ1v) is 11.2. The highest BCUT2D eigenvalue weighted by molar-refractivity contribution is 5.90. The summed E-state index contributed by atoms with van der Waals surface area (Å²) >= 11 is 0. The van der Waals surface area contributed by atoms with Crippen molar-refractivity contribution >= 4 is 32.6 Å². The minimum Gasteiger partial charge on any atom is -0.260 e. The number of benzene rings is 3. The van der Waals surface area contributed by atoms with E-state index in [0.29, 0.717) is 6.42 Å². The van der Waals surface area contributed by atoms with Gasteiger partial charge in [0.15, 0.2) is 0 Å². The Morgan fingerprint density at radius 1 is 0.606 bits per heavy atom. The first kappa shape index (κ1) is 19.5. The number of hydrogen-bond acceptors (Lipinski definition) is 4. The molecule has 0 fully saturated rings. The fraction of sp³-hybridized carbons (Fsp3) is 0.103.